The summed E-state index contributed by atoms with van der Waals surface area (Å²) in [6.07, 6.45) is 1.87. The summed E-state index contributed by atoms with van der Waals surface area (Å²) in [7, 11) is 0. The first-order valence-electron chi connectivity index (χ1n) is 15.9. The van der Waals surface area contributed by atoms with Gasteiger partial charge in [0.2, 0.25) is 0 Å². The van der Waals surface area contributed by atoms with Gasteiger partial charge in [-0.3, -0.25) is 4.57 Å². The smallest absolute Gasteiger partial charge is 0.165 e. The van der Waals surface area contributed by atoms with E-state index in [1.165, 1.54) is 26.2 Å². The molecule has 0 aliphatic rings. The Labute approximate surface area is 279 Å². The summed E-state index contributed by atoms with van der Waals surface area (Å²) in [5.41, 5.74) is 6.10. The molecule has 0 aliphatic heterocycles. The maximum absolute atomic E-state index is 5.13. The van der Waals surface area contributed by atoms with Gasteiger partial charge in [0, 0.05) is 59.5 Å². The van der Waals surface area contributed by atoms with Crippen molar-refractivity contribution in [1.82, 2.24) is 24.5 Å². The van der Waals surface area contributed by atoms with E-state index in [4.69, 9.17) is 19.9 Å². The van der Waals surface area contributed by atoms with Gasteiger partial charge < -0.3 is 0 Å². The molecule has 0 fully saturated rings. The van der Waals surface area contributed by atoms with Crippen LogP contribution in [-0.2, 0) is 0 Å². The second-order valence-electron chi connectivity index (χ2n) is 11.9. The molecule has 0 atom stereocenters. The fourth-order valence-corrected chi connectivity index (χ4v) is 8.07. The van der Waals surface area contributed by atoms with Crippen LogP contribution in [0.15, 0.2) is 152 Å². The van der Waals surface area contributed by atoms with E-state index in [0.717, 1.165) is 49.0 Å². The van der Waals surface area contributed by atoms with Crippen LogP contribution in [0.5, 0.6) is 0 Å². The Balaban J connectivity index is 1.17. The Morgan fingerprint density at radius 1 is 0.479 bits per heavy atom. The van der Waals surface area contributed by atoms with Gasteiger partial charge in [0.05, 0.1) is 5.52 Å². The van der Waals surface area contributed by atoms with Gasteiger partial charge in [-0.25, -0.2) is 19.9 Å². The molecule has 0 amide bonds. The van der Waals surface area contributed by atoms with Crippen LogP contribution in [0.1, 0.15) is 0 Å². The number of pyridine rings is 1. The molecule has 0 N–H and O–H groups in total. The minimum Gasteiger partial charge on any atom is -0.294 e. The van der Waals surface area contributed by atoms with Crippen LogP contribution >= 0.6 is 11.3 Å². The third-order valence-corrected chi connectivity index (χ3v) is 10.3. The molecule has 0 radical (unpaired) electrons. The molecule has 10 aromatic rings. The summed E-state index contributed by atoms with van der Waals surface area (Å²) in [5, 5.41) is 7.09. The molecule has 10 rings (SSSR count). The van der Waals surface area contributed by atoms with Gasteiger partial charge in [-0.05, 0) is 53.2 Å². The lowest BCUT2D eigenvalue weighted by molar-refractivity contribution is 1.08. The van der Waals surface area contributed by atoms with Crippen LogP contribution in [0, 0.1) is 0 Å². The van der Waals surface area contributed by atoms with Crippen LogP contribution < -0.4 is 0 Å². The lowest BCUT2D eigenvalue weighted by atomic mass is 10.1. The average Bonchev–Trinajstić information content (AvgIpc) is 3.70. The molecule has 6 heteroatoms. The first-order chi connectivity index (χ1) is 23.8. The molecule has 0 aliphatic carbocycles. The zero-order valence-corrected chi connectivity index (χ0v) is 26.4. The van der Waals surface area contributed by atoms with E-state index < -0.39 is 0 Å². The van der Waals surface area contributed by atoms with Crippen molar-refractivity contribution in [2.24, 2.45) is 0 Å². The maximum atomic E-state index is 5.13. The second kappa shape index (κ2) is 10.7. The van der Waals surface area contributed by atoms with Crippen LogP contribution in [0.25, 0.3) is 92.7 Å². The Morgan fingerprint density at radius 2 is 1.23 bits per heavy atom. The molecule has 0 saturated heterocycles. The van der Waals surface area contributed by atoms with Gasteiger partial charge in [-0.2, -0.15) is 0 Å². The number of fused-ring (bicyclic) bond motifs is 7. The van der Waals surface area contributed by atoms with Crippen molar-refractivity contribution in [2.75, 3.05) is 0 Å². The quantitative estimate of drug-likeness (QED) is 0.194. The van der Waals surface area contributed by atoms with Crippen molar-refractivity contribution in [1.29, 1.82) is 0 Å². The molecular weight excluding hydrogens is 607 g/mol. The molecular formula is C42H25N5S. The molecule has 0 spiro atoms. The minimum atomic E-state index is 0.656. The van der Waals surface area contributed by atoms with E-state index in [0.29, 0.717) is 17.5 Å². The first-order valence-corrected chi connectivity index (χ1v) is 16.7. The second-order valence-corrected chi connectivity index (χ2v) is 13.0. The van der Waals surface area contributed by atoms with E-state index in [2.05, 4.69) is 114 Å². The zero-order chi connectivity index (χ0) is 31.6. The van der Waals surface area contributed by atoms with Crippen LogP contribution in [-0.4, -0.2) is 24.5 Å². The molecule has 224 valence electrons. The van der Waals surface area contributed by atoms with Crippen LogP contribution in [0.2, 0.25) is 0 Å². The first kappa shape index (κ1) is 26.9. The fourth-order valence-electron chi connectivity index (χ4n) is 6.83. The highest BCUT2D eigenvalue weighted by Gasteiger charge is 2.18. The highest BCUT2D eigenvalue weighted by molar-refractivity contribution is 7.26. The normalized spacial score (nSPS) is 11.8. The van der Waals surface area contributed by atoms with E-state index in [9.17, 15) is 0 Å². The van der Waals surface area contributed by atoms with Gasteiger partial charge in [-0.1, -0.05) is 103 Å². The number of para-hydroxylation sites is 1. The Morgan fingerprint density at radius 3 is 2.15 bits per heavy atom. The number of nitrogens with zero attached hydrogens (tertiary/aromatic N) is 5. The number of benzene rings is 6. The molecule has 5 nitrogen and oxygen atoms in total. The van der Waals surface area contributed by atoms with Gasteiger partial charge in [0.25, 0.3) is 0 Å². The minimum absolute atomic E-state index is 0.656. The van der Waals surface area contributed by atoms with Gasteiger partial charge in [0.15, 0.2) is 17.5 Å². The zero-order valence-electron chi connectivity index (χ0n) is 25.6. The molecule has 4 heterocycles. The molecule has 0 unspecified atom stereocenters. The van der Waals surface area contributed by atoms with Crippen molar-refractivity contribution in [3.05, 3.63) is 152 Å². The lowest BCUT2D eigenvalue weighted by Gasteiger charge is -2.09. The molecule has 0 bridgehead atoms. The maximum Gasteiger partial charge on any atom is 0.165 e. The predicted octanol–water partition coefficient (Wildman–Crippen LogP) is 10.9. The third-order valence-electron chi connectivity index (χ3n) is 9.09. The average molecular weight is 632 g/mol. The fraction of sp³-hybridized carbons (Fsp3) is 0. The van der Waals surface area contributed by atoms with Crippen molar-refractivity contribution in [3.63, 3.8) is 0 Å². The number of hydrogen-bond acceptors (Lipinski definition) is 5. The highest BCUT2D eigenvalue weighted by Crippen LogP contribution is 2.41. The standard InChI is InChI=1S/C42H25N5S/c1-2-11-27(12-3-1)39-44-40(29-20-19-26-10-4-5-13-28(26)24-29)46-41(45-39)35-16-8-15-33-32-22-21-30(25-37(32)48-38(33)35)47-36-18-7-6-14-31(36)34-17-9-23-43-42(34)47/h1-25H. The van der Waals surface area contributed by atoms with Crippen molar-refractivity contribution in [3.8, 4) is 39.9 Å². The van der Waals surface area contributed by atoms with Crippen LogP contribution in [0.4, 0.5) is 0 Å². The molecule has 4 aromatic heterocycles. The number of thiophene rings is 1. The molecule has 6 aromatic carbocycles. The van der Waals surface area contributed by atoms with Crippen molar-refractivity contribution in [2.45, 2.75) is 0 Å². The third kappa shape index (κ3) is 4.24. The summed E-state index contributed by atoms with van der Waals surface area (Å²) in [6, 6.07) is 50.7. The number of hydrogen-bond donors (Lipinski definition) is 0. The molecule has 0 saturated carbocycles. The van der Waals surface area contributed by atoms with E-state index >= 15 is 0 Å². The number of aromatic nitrogens is 5. The van der Waals surface area contributed by atoms with Gasteiger partial charge in [-0.15, -0.1) is 11.3 Å². The number of rotatable bonds is 4. The van der Waals surface area contributed by atoms with E-state index in [1.54, 1.807) is 11.3 Å². The van der Waals surface area contributed by atoms with E-state index in [1.807, 2.05) is 42.6 Å². The SMILES string of the molecule is c1ccc(-c2nc(-c3ccc4ccccc4c3)nc(-c3cccc4c3sc3cc(-n5c6ccccc6c6cccnc65)ccc34)n2)cc1. The van der Waals surface area contributed by atoms with Gasteiger partial charge >= 0.3 is 0 Å². The summed E-state index contributed by atoms with van der Waals surface area (Å²) < 4.78 is 4.62. The topological polar surface area (TPSA) is 56.5 Å². The van der Waals surface area contributed by atoms with Crippen molar-refractivity contribution < 1.29 is 0 Å². The summed E-state index contributed by atoms with van der Waals surface area (Å²) in [5.74, 6) is 1.97. The largest absolute Gasteiger partial charge is 0.294 e. The Bertz CT molecular complexity index is 2800. The van der Waals surface area contributed by atoms with E-state index in [-0.39, 0.29) is 0 Å². The monoisotopic (exact) mass is 631 g/mol. The van der Waals surface area contributed by atoms with Gasteiger partial charge in [0.1, 0.15) is 5.65 Å². The summed E-state index contributed by atoms with van der Waals surface area (Å²) in [6.45, 7) is 0. The highest BCUT2D eigenvalue weighted by atomic mass is 32.1. The Kier molecular flexibility index (Phi) is 5.98. The summed E-state index contributed by atoms with van der Waals surface area (Å²) >= 11 is 1.78. The predicted molar refractivity (Wildman–Crippen MR) is 199 cm³/mol. The van der Waals surface area contributed by atoms with Crippen LogP contribution in [0.3, 0.4) is 0 Å². The summed E-state index contributed by atoms with van der Waals surface area (Å²) in [4.78, 5) is 20.0. The van der Waals surface area contributed by atoms with Crippen molar-refractivity contribution >= 4 is 64.2 Å². The molecule has 48 heavy (non-hydrogen) atoms. The lowest BCUT2D eigenvalue weighted by Crippen LogP contribution is -2.00. The Hall–Kier alpha value is -6.24.